The molecule has 0 N–H and O–H groups in total. The lowest BCUT2D eigenvalue weighted by Crippen LogP contribution is -2.29. The molecule has 1 aromatic rings. The number of pyridine rings is 1. The van der Waals surface area contributed by atoms with Crippen LogP contribution in [0.25, 0.3) is 11.3 Å². The van der Waals surface area contributed by atoms with E-state index in [1.807, 2.05) is 19.1 Å². The second kappa shape index (κ2) is 12.0. The van der Waals surface area contributed by atoms with Crippen LogP contribution in [0.3, 0.4) is 0 Å². The Bertz CT molecular complexity index is 1180. The number of fused-ring (bicyclic) bond motifs is 1. The topological polar surface area (TPSA) is 79.7 Å². The molecule has 2 heterocycles. The first-order chi connectivity index (χ1) is 15.8. The van der Waals surface area contributed by atoms with E-state index < -0.39 is 23.3 Å². The van der Waals surface area contributed by atoms with Gasteiger partial charge < -0.3 is 4.74 Å². The normalized spacial score (nSPS) is 21.0. The van der Waals surface area contributed by atoms with Gasteiger partial charge in [-0.15, -0.1) is 0 Å². The molecule has 1 aromatic heterocycles. The number of aromatic nitrogens is 1. The highest BCUT2D eigenvalue weighted by atomic mass is 19.1. The van der Waals surface area contributed by atoms with Crippen molar-refractivity contribution in [2.75, 3.05) is 7.05 Å². The Kier molecular flexibility index (Phi) is 9.37. The Hall–Kier alpha value is -3.44. The maximum atomic E-state index is 14.4. The van der Waals surface area contributed by atoms with Crippen molar-refractivity contribution in [3.8, 4) is 6.07 Å². The van der Waals surface area contributed by atoms with Crippen LogP contribution >= 0.6 is 0 Å². The summed E-state index contributed by atoms with van der Waals surface area (Å²) in [6, 6.07) is 3.42. The molecule has 0 bridgehead atoms. The predicted molar refractivity (Wildman–Crippen MR) is 128 cm³/mol. The standard InChI is InChI=1S/C25H28F2N4O2/c1-6-8-20(14-29-5)31-24-15-33-16(3)9-19(26)13-30-12-18(24)10-21(25(31)32)17(4)22(11-28)23(27)7-2/h7-10,13-14,16H,6,12,15H2,1-5H3/b19-9+,20-8+,22-17+,23-7+,29-14-,30-13-. The van der Waals surface area contributed by atoms with E-state index in [1.54, 1.807) is 26.3 Å². The van der Waals surface area contributed by atoms with E-state index >= 15 is 0 Å². The molecule has 0 aliphatic carbocycles. The Labute approximate surface area is 192 Å². The Balaban J connectivity index is 2.97. The van der Waals surface area contributed by atoms with Crippen molar-refractivity contribution in [1.29, 1.82) is 5.26 Å². The van der Waals surface area contributed by atoms with Crippen LogP contribution in [-0.2, 0) is 17.9 Å². The molecule has 1 atom stereocenters. The lowest BCUT2D eigenvalue weighted by Gasteiger charge is -2.21. The van der Waals surface area contributed by atoms with Crippen molar-refractivity contribution in [1.82, 2.24) is 4.57 Å². The molecular weight excluding hydrogens is 426 g/mol. The summed E-state index contributed by atoms with van der Waals surface area (Å²) < 4.78 is 35.6. The van der Waals surface area contributed by atoms with Crippen molar-refractivity contribution >= 4 is 23.7 Å². The summed E-state index contributed by atoms with van der Waals surface area (Å²) >= 11 is 0. The summed E-state index contributed by atoms with van der Waals surface area (Å²) in [4.78, 5) is 21.9. The summed E-state index contributed by atoms with van der Waals surface area (Å²) in [7, 11) is 1.59. The van der Waals surface area contributed by atoms with Gasteiger partial charge in [0, 0.05) is 18.8 Å². The average molecular weight is 455 g/mol. The zero-order valence-electron chi connectivity index (χ0n) is 19.5. The summed E-state index contributed by atoms with van der Waals surface area (Å²) in [6.45, 7) is 6.69. The van der Waals surface area contributed by atoms with Crippen molar-refractivity contribution < 1.29 is 13.5 Å². The monoisotopic (exact) mass is 454 g/mol. The number of ether oxygens (including phenoxy) is 1. The number of nitriles is 1. The van der Waals surface area contributed by atoms with Crippen LogP contribution in [0.4, 0.5) is 8.78 Å². The fourth-order valence-electron chi connectivity index (χ4n) is 3.44. The first kappa shape index (κ1) is 25.8. The van der Waals surface area contributed by atoms with Crippen LogP contribution in [0, 0.1) is 11.3 Å². The van der Waals surface area contributed by atoms with Gasteiger partial charge in [-0.2, -0.15) is 5.26 Å². The summed E-state index contributed by atoms with van der Waals surface area (Å²) in [5, 5.41) is 9.52. The molecule has 0 aromatic carbocycles. The molecule has 0 saturated heterocycles. The van der Waals surface area contributed by atoms with E-state index in [9.17, 15) is 18.8 Å². The minimum atomic E-state index is -0.720. The molecule has 0 amide bonds. The number of aliphatic imine (C=N–C) groups is 2. The minimum absolute atomic E-state index is 0.0149. The van der Waals surface area contributed by atoms with E-state index in [2.05, 4.69) is 9.98 Å². The van der Waals surface area contributed by atoms with Crippen LogP contribution in [0.5, 0.6) is 0 Å². The van der Waals surface area contributed by atoms with Crippen molar-refractivity contribution in [2.24, 2.45) is 9.98 Å². The molecule has 1 unspecified atom stereocenters. The second-order valence-electron chi connectivity index (χ2n) is 7.38. The molecule has 8 heteroatoms. The van der Waals surface area contributed by atoms with E-state index in [-0.39, 0.29) is 29.9 Å². The van der Waals surface area contributed by atoms with Gasteiger partial charge in [0.05, 0.1) is 42.4 Å². The third-order valence-corrected chi connectivity index (χ3v) is 5.06. The molecule has 0 spiro atoms. The molecule has 2 rings (SSSR count). The number of hydrogen-bond acceptors (Lipinski definition) is 5. The van der Waals surface area contributed by atoms with Crippen LogP contribution < -0.4 is 5.56 Å². The molecule has 0 radical (unpaired) electrons. The van der Waals surface area contributed by atoms with Crippen LogP contribution in [0.1, 0.15) is 50.9 Å². The zero-order chi connectivity index (χ0) is 24.5. The first-order valence-electron chi connectivity index (χ1n) is 10.6. The van der Waals surface area contributed by atoms with Gasteiger partial charge in [-0.05, 0) is 50.5 Å². The van der Waals surface area contributed by atoms with Gasteiger partial charge in [0.25, 0.3) is 5.56 Å². The highest BCUT2D eigenvalue weighted by Gasteiger charge is 2.21. The number of halogens is 2. The zero-order valence-corrected chi connectivity index (χ0v) is 19.5. The van der Waals surface area contributed by atoms with E-state index in [1.165, 1.54) is 30.6 Å². The molecule has 6 nitrogen and oxygen atoms in total. The van der Waals surface area contributed by atoms with E-state index in [0.717, 1.165) is 6.21 Å². The summed E-state index contributed by atoms with van der Waals surface area (Å²) in [5.74, 6) is -1.25. The Morgan fingerprint density at radius 3 is 2.82 bits per heavy atom. The molecule has 0 saturated carbocycles. The van der Waals surface area contributed by atoms with E-state index in [0.29, 0.717) is 23.4 Å². The first-order valence-corrected chi connectivity index (χ1v) is 10.6. The maximum Gasteiger partial charge on any atom is 0.263 e. The van der Waals surface area contributed by atoms with Gasteiger partial charge in [0.15, 0.2) is 0 Å². The van der Waals surface area contributed by atoms with Gasteiger partial charge in [0.1, 0.15) is 17.7 Å². The third-order valence-electron chi connectivity index (χ3n) is 5.06. The molecule has 33 heavy (non-hydrogen) atoms. The van der Waals surface area contributed by atoms with Crippen LogP contribution in [0.2, 0.25) is 0 Å². The van der Waals surface area contributed by atoms with Crippen molar-refractivity contribution in [3.63, 3.8) is 0 Å². The molecule has 1 aliphatic rings. The Morgan fingerprint density at radius 1 is 1.48 bits per heavy atom. The predicted octanol–water partition coefficient (Wildman–Crippen LogP) is 5.31. The Morgan fingerprint density at radius 2 is 2.21 bits per heavy atom. The smallest absolute Gasteiger partial charge is 0.263 e. The highest BCUT2D eigenvalue weighted by Crippen LogP contribution is 2.26. The van der Waals surface area contributed by atoms with Gasteiger partial charge in [-0.3, -0.25) is 19.3 Å². The number of allylic oxidation sites excluding steroid dienone is 7. The SMILES string of the molecule is C/C=C(F)\C(C#N)=C(/C)c1cc2c(n(C(/C=N\C)=C/CC)c1=O)COC(C)/C=C(F)\C=N/C2. The largest absolute Gasteiger partial charge is 0.368 e. The van der Waals surface area contributed by atoms with Gasteiger partial charge in [-0.25, -0.2) is 8.78 Å². The number of nitrogens with zero attached hydrogens (tertiary/aromatic N) is 4. The second-order valence-corrected chi connectivity index (χ2v) is 7.38. The summed E-state index contributed by atoms with van der Waals surface area (Å²) in [6.07, 6.45) is 7.03. The average Bonchev–Trinajstić information content (AvgIpc) is 2.78. The third kappa shape index (κ3) is 6.08. The van der Waals surface area contributed by atoms with E-state index in [4.69, 9.17) is 4.74 Å². The van der Waals surface area contributed by atoms with Crippen LogP contribution in [0.15, 0.2) is 56.3 Å². The number of hydrogen-bond donors (Lipinski definition) is 0. The molecular formula is C25H28F2N4O2. The molecule has 1 aliphatic heterocycles. The fraction of sp³-hybridized carbons (Fsp3) is 0.360. The summed E-state index contributed by atoms with van der Waals surface area (Å²) in [5.41, 5.74) is 1.30. The molecule has 174 valence electrons. The lowest BCUT2D eigenvalue weighted by molar-refractivity contribution is 0.0790. The van der Waals surface area contributed by atoms with Crippen molar-refractivity contribution in [3.05, 3.63) is 68.7 Å². The van der Waals surface area contributed by atoms with Crippen LogP contribution in [-0.4, -0.2) is 30.1 Å². The fourth-order valence-corrected chi connectivity index (χ4v) is 3.44. The van der Waals surface area contributed by atoms with Gasteiger partial charge >= 0.3 is 0 Å². The highest BCUT2D eigenvalue weighted by molar-refractivity contribution is 6.02. The minimum Gasteiger partial charge on any atom is -0.368 e. The van der Waals surface area contributed by atoms with Crippen molar-refractivity contribution in [2.45, 2.75) is 53.4 Å². The lowest BCUT2D eigenvalue weighted by atomic mass is 9.99. The number of rotatable bonds is 5. The molecule has 0 fully saturated rings. The van der Waals surface area contributed by atoms with Gasteiger partial charge in [0.2, 0.25) is 0 Å². The quantitative estimate of drug-likeness (QED) is 0.343. The maximum absolute atomic E-state index is 14.4. The van der Waals surface area contributed by atoms with Gasteiger partial charge in [-0.1, -0.05) is 19.1 Å².